The summed E-state index contributed by atoms with van der Waals surface area (Å²) in [6, 6.07) is 18.1. The molecule has 0 saturated carbocycles. The number of nitrogens with one attached hydrogen (secondary N) is 1. The highest BCUT2D eigenvalue weighted by molar-refractivity contribution is 7.92. The Balaban J connectivity index is 1.61. The molecule has 0 spiro atoms. The molecule has 3 aromatic rings. The number of rotatable bonds is 9. The van der Waals surface area contributed by atoms with Crippen LogP contribution in [0.1, 0.15) is 27.0 Å². The van der Waals surface area contributed by atoms with Gasteiger partial charge in [0.05, 0.1) is 25.0 Å². The maximum Gasteiger partial charge on any atom is 0.251 e. The Hall–Kier alpha value is -3.39. The van der Waals surface area contributed by atoms with Gasteiger partial charge in [-0.2, -0.15) is 0 Å². The first-order valence-electron chi connectivity index (χ1n) is 10.4. The van der Waals surface area contributed by atoms with Gasteiger partial charge in [-0.25, -0.2) is 12.8 Å². The van der Waals surface area contributed by atoms with Crippen molar-refractivity contribution in [2.45, 2.75) is 20.4 Å². The maximum absolute atomic E-state index is 12.9. The molecule has 1 amide bonds. The number of benzene rings is 3. The molecular weight excluding hydrogens is 443 g/mol. The zero-order chi connectivity index (χ0) is 24.0. The van der Waals surface area contributed by atoms with Gasteiger partial charge in [0.15, 0.2) is 0 Å². The van der Waals surface area contributed by atoms with Crippen molar-refractivity contribution >= 4 is 21.6 Å². The predicted molar refractivity (Wildman–Crippen MR) is 128 cm³/mol. The van der Waals surface area contributed by atoms with E-state index in [1.54, 1.807) is 24.3 Å². The van der Waals surface area contributed by atoms with Crippen LogP contribution in [-0.4, -0.2) is 33.7 Å². The third kappa shape index (κ3) is 6.55. The number of ether oxygens (including phenoxy) is 1. The number of aryl methyl sites for hydroxylation is 2. The third-order valence-electron chi connectivity index (χ3n) is 5.10. The molecule has 0 aliphatic heterocycles. The lowest BCUT2D eigenvalue weighted by atomic mass is 10.1. The van der Waals surface area contributed by atoms with E-state index in [2.05, 4.69) is 5.32 Å². The van der Waals surface area contributed by atoms with Crippen LogP contribution in [0.3, 0.4) is 0 Å². The highest BCUT2D eigenvalue weighted by Gasteiger charge is 2.21. The zero-order valence-corrected chi connectivity index (χ0v) is 19.7. The lowest BCUT2D eigenvalue weighted by molar-refractivity contribution is 0.0947. The summed E-state index contributed by atoms with van der Waals surface area (Å²) in [5.41, 5.74) is 3.64. The van der Waals surface area contributed by atoms with Gasteiger partial charge in [-0.15, -0.1) is 0 Å². The van der Waals surface area contributed by atoms with Gasteiger partial charge in [0.25, 0.3) is 5.91 Å². The first-order valence-corrected chi connectivity index (χ1v) is 12.3. The van der Waals surface area contributed by atoms with E-state index in [9.17, 15) is 17.6 Å². The van der Waals surface area contributed by atoms with E-state index in [1.807, 2.05) is 32.0 Å². The molecule has 0 radical (unpaired) electrons. The molecule has 3 rings (SSSR count). The molecule has 174 valence electrons. The largest absolute Gasteiger partial charge is 0.492 e. The van der Waals surface area contributed by atoms with Crippen molar-refractivity contribution in [2.75, 3.05) is 23.7 Å². The smallest absolute Gasteiger partial charge is 0.251 e. The number of anilines is 1. The third-order valence-corrected chi connectivity index (χ3v) is 6.21. The number of halogens is 1. The van der Waals surface area contributed by atoms with Crippen molar-refractivity contribution in [3.8, 4) is 5.75 Å². The van der Waals surface area contributed by atoms with E-state index in [0.29, 0.717) is 17.0 Å². The van der Waals surface area contributed by atoms with Crippen LogP contribution in [0.25, 0.3) is 0 Å². The van der Waals surface area contributed by atoms with Crippen molar-refractivity contribution in [2.24, 2.45) is 0 Å². The van der Waals surface area contributed by atoms with Gasteiger partial charge in [0.2, 0.25) is 10.0 Å². The molecule has 0 aliphatic rings. The van der Waals surface area contributed by atoms with E-state index < -0.39 is 10.0 Å². The lowest BCUT2D eigenvalue weighted by Gasteiger charge is -2.26. The standard InChI is InChI=1S/C25H27FN2O4S/c1-18-5-4-6-19(2)24(18)28(33(3,30)31)17-20-7-9-21(10-8-20)25(29)27-15-16-32-23-13-11-22(26)12-14-23/h4-14H,15-17H2,1-3H3,(H,27,29). The molecule has 0 heterocycles. The van der Waals surface area contributed by atoms with Crippen LogP contribution in [0.15, 0.2) is 66.7 Å². The second-order valence-corrected chi connectivity index (χ2v) is 9.67. The summed E-state index contributed by atoms with van der Waals surface area (Å²) >= 11 is 0. The van der Waals surface area contributed by atoms with Crippen molar-refractivity contribution in [1.29, 1.82) is 0 Å². The van der Waals surface area contributed by atoms with Crippen molar-refractivity contribution < 1.29 is 22.3 Å². The van der Waals surface area contributed by atoms with Gasteiger partial charge in [-0.3, -0.25) is 9.10 Å². The second-order valence-electron chi connectivity index (χ2n) is 7.77. The van der Waals surface area contributed by atoms with Gasteiger partial charge < -0.3 is 10.1 Å². The number of carbonyl (C=O) groups excluding carboxylic acids is 1. The average molecular weight is 471 g/mol. The second kappa shape index (κ2) is 10.5. The summed E-state index contributed by atoms with van der Waals surface area (Å²) < 4.78 is 44.8. The Morgan fingerprint density at radius 2 is 1.58 bits per heavy atom. The van der Waals surface area contributed by atoms with Gasteiger partial charge in [-0.05, 0) is 66.9 Å². The molecule has 0 fully saturated rings. The van der Waals surface area contributed by atoms with Crippen LogP contribution in [0.2, 0.25) is 0 Å². The van der Waals surface area contributed by atoms with Crippen molar-refractivity contribution in [1.82, 2.24) is 5.32 Å². The van der Waals surface area contributed by atoms with Crippen LogP contribution < -0.4 is 14.4 Å². The number of sulfonamides is 1. The fourth-order valence-corrected chi connectivity index (χ4v) is 4.46. The first kappa shape index (κ1) is 24.3. The molecule has 0 saturated heterocycles. The SMILES string of the molecule is Cc1cccc(C)c1N(Cc1ccc(C(=O)NCCOc2ccc(F)cc2)cc1)S(C)(=O)=O. The normalized spacial score (nSPS) is 11.2. The van der Waals surface area contributed by atoms with Gasteiger partial charge in [0, 0.05) is 5.56 Å². The Labute approximate surface area is 194 Å². The summed E-state index contributed by atoms with van der Waals surface area (Å²) in [7, 11) is -3.51. The summed E-state index contributed by atoms with van der Waals surface area (Å²) in [6.07, 6.45) is 1.19. The molecule has 0 atom stereocenters. The minimum absolute atomic E-state index is 0.165. The van der Waals surface area contributed by atoms with E-state index >= 15 is 0 Å². The summed E-state index contributed by atoms with van der Waals surface area (Å²) in [4.78, 5) is 12.4. The fraction of sp³-hybridized carbons (Fsp3) is 0.240. The number of amides is 1. The van der Waals surface area contributed by atoms with Crippen molar-refractivity contribution in [3.05, 3.63) is 94.8 Å². The highest BCUT2D eigenvalue weighted by atomic mass is 32.2. The molecule has 0 bridgehead atoms. The summed E-state index contributed by atoms with van der Waals surface area (Å²) in [6.45, 7) is 4.46. The fourth-order valence-electron chi connectivity index (χ4n) is 3.45. The number of carbonyl (C=O) groups is 1. The molecule has 6 nitrogen and oxygen atoms in total. The Morgan fingerprint density at radius 3 is 2.15 bits per heavy atom. The minimum Gasteiger partial charge on any atom is -0.492 e. The van der Waals surface area contributed by atoms with Crippen LogP contribution >= 0.6 is 0 Å². The Kier molecular flexibility index (Phi) is 7.71. The Morgan fingerprint density at radius 1 is 0.970 bits per heavy atom. The van der Waals surface area contributed by atoms with E-state index in [-0.39, 0.29) is 31.4 Å². The van der Waals surface area contributed by atoms with Gasteiger partial charge in [-0.1, -0.05) is 30.3 Å². The van der Waals surface area contributed by atoms with Crippen LogP contribution in [0, 0.1) is 19.7 Å². The van der Waals surface area contributed by atoms with Crippen LogP contribution in [0.5, 0.6) is 5.75 Å². The van der Waals surface area contributed by atoms with Gasteiger partial charge in [0.1, 0.15) is 18.2 Å². The predicted octanol–water partition coefficient (Wildman–Crippen LogP) is 4.22. The first-order chi connectivity index (χ1) is 15.6. The zero-order valence-electron chi connectivity index (χ0n) is 18.8. The van der Waals surface area contributed by atoms with Crippen LogP contribution in [0.4, 0.5) is 10.1 Å². The van der Waals surface area contributed by atoms with Crippen molar-refractivity contribution in [3.63, 3.8) is 0 Å². The number of nitrogens with zero attached hydrogens (tertiary/aromatic N) is 1. The quantitative estimate of drug-likeness (QED) is 0.475. The number of hydrogen-bond acceptors (Lipinski definition) is 4. The molecule has 1 N–H and O–H groups in total. The maximum atomic E-state index is 12.9. The summed E-state index contributed by atoms with van der Waals surface area (Å²) in [5.74, 6) is -0.0823. The molecule has 8 heteroatoms. The molecule has 0 aromatic heterocycles. The van der Waals surface area contributed by atoms with E-state index in [0.717, 1.165) is 16.7 Å². The molecule has 0 aliphatic carbocycles. The van der Waals surface area contributed by atoms with E-state index in [4.69, 9.17) is 4.74 Å². The number of hydrogen-bond donors (Lipinski definition) is 1. The van der Waals surface area contributed by atoms with Gasteiger partial charge >= 0.3 is 0 Å². The minimum atomic E-state index is -3.51. The highest BCUT2D eigenvalue weighted by Crippen LogP contribution is 2.28. The molecule has 3 aromatic carbocycles. The summed E-state index contributed by atoms with van der Waals surface area (Å²) in [5, 5.41) is 2.76. The lowest BCUT2D eigenvalue weighted by Crippen LogP contribution is -2.31. The monoisotopic (exact) mass is 470 g/mol. The molecule has 0 unspecified atom stereocenters. The van der Waals surface area contributed by atoms with E-state index in [1.165, 1.54) is 34.8 Å². The topological polar surface area (TPSA) is 75.7 Å². The average Bonchev–Trinajstić information content (AvgIpc) is 2.77. The molecule has 33 heavy (non-hydrogen) atoms. The molecular formula is C25H27FN2O4S. The number of para-hydroxylation sites is 1. The van der Waals surface area contributed by atoms with Crippen LogP contribution in [-0.2, 0) is 16.6 Å². The Bertz CT molecular complexity index is 1190.